The minimum atomic E-state index is 0.890. The van der Waals surface area contributed by atoms with Crippen LogP contribution in [0.5, 0.6) is 0 Å². The number of hydrogen-bond donors (Lipinski definition) is 0. The summed E-state index contributed by atoms with van der Waals surface area (Å²) in [6.45, 7) is 0. The lowest BCUT2D eigenvalue weighted by Crippen LogP contribution is -1.86. The maximum Gasteiger partial charge on any atom is 0.0931 e. The van der Waals surface area contributed by atoms with Crippen molar-refractivity contribution in [3.05, 3.63) is 40.1 Å². The number of thiazole rings is 1. The highest BCUT2D eigenvalue weighted by atomic mass is 32.1. The Balaban J connectivity index is 1.91. The fourth-order valence-corrected chi connectivity index (χ4v) is 1.97. The Morgan fingerprint density at radius 3 is 3.08 bits per heavy atom. The first-order valence-electron chi connectivity index (χ1n) is 3.57. The van der Waals surface area contributed by atoms with Crippen LogP contribution in [0.1, 0.15) is 10.7 Å². The molecule has 0 amide bonds. The summed E-state index contributed by atoms with van der Waals surface area (Å²) in [6.07, 6.45) is 4.81. The van der Waals surface area contributed by atoms with Gasteiger partial charge in [0.05, 0.1) is 10.7 Å². The second kappa shape index (κ2) is 3.78. The molecule has 2 aromatic heterocycles. The molecule has 0 N–H and O–H groups in total. The van der Waals surface area contributed by atoms with E-state index in [0.29, 0.717) is 0 Å². The van der Waals surface area contributed by atoms with Crippen molar-refractivity contribution in [1.29, 1.82) is 0 Å². The summed E-state index contributed by atoms with van der Waals surface area (Å²) in [4.78, 5) is 4.18. The molecule has 61 valence electrons. The molecule has 0 unspecified atom stereocenters. The van der Waals surface area contributed by atoms with Crippen LogP contribution in [0.25, 0.3) is 0 Å². The van der Waals surface area contributed by atoms with Crippen molar-refractivity contribution in [2.75, 3.05) is 0 Å². The van der Waals surface area contributed by atoms with Crippen LogP contribution in [0.2, 0.25) is 0 Å². The molecular formula is C8H7N2S2. The highest BCUT2D eigenvalue weighted by Gasteiger charge is 1.98. The minimum Gasteiger partial charge on any atom is -0.250 e. The van der Waals surface area contributed by atoms with Crippen molar-refractivity contribution in [1.82, 2.24) is 9.36 Å². The van der Waals surface area contributed by atoms with E-state index in [-0.39, 0.29) is 0 Å². The predicted molar refractivity (Wildman–Crippen MR) is 51.3 cm³/mol. The molecule has 0 atom stereocenters. The lowest BCUT2D eigenvalue weighted by molar-refractivity contribution is 1.10. The maximum atomic E-state index is 4.18. The Labute approximate surface area is 79.1 Å². The lowest BCUT2D eigenvalue weighted by atomic mass is 10.2. The molecule has 0 saturated carbocycles. The van der Waals surface area contributed by atoms with Gasteiger partial charge < -0.3 is 0 Å². The van der Waals surface area contributed by atoms with Crippen LogP contribution < -0.4 is 0 Å². The van der Waals surface area contributed by atoms with Crippen LogP contribution >= 0.6 is 22.9 Å². The van der Waals surface area contributed by atoms with Gasteiger partial charge in [-0.25, -0.2) is 4.98 Å². The van der Waals surface area contributed by atoms with Gasteiger partial charge >= 0.3 is 0 Å². The summed E-state index contributed by atoms with van der Waals surface area (Å²) in [5, 5.41) is 5.11. The average Bonchev–Trinajstić information content (AvgIpc) is 2.74. The van der Waals surface area contributed by atoms with Crippen molar-refractivity contribution < 1.29 is 0 Å². The fourth-order valence-electron chi connectivity index (χ4n) is 0.873. The van der Waals surface area contributed by atoms with Crippen LogP contribution in [0, 0.1) is 6.42 Å². The fraction of sp³-hybridized carbons (Fsp3) is 0.125. The smallest absolute Gasteiger partial charge is 0.0931 e. The van der Waals surface area contributed by atoms with E-state index in [4.69, 9.17) is 0 Å². The summed E-state index contributed by atoms with van der Waals surface area (Å²) in [7, 11) is 0. The molecule has 0 aliphatic carbocycles. The van der Waals surface area contributed by atoms with Gasteiger partial charge in [0.15, 0.2) is 0 Å². The second-order valence-corrected chi connectivity index (χ2v) is 3.90. The third-order valence-corrected chi connectivity index (χ3v) is 2.80. The maximum absolute atomic E-state index is 4.18. The quantitative estimate of drug-likeness (QED) is 0.751. The molecule has 2 aromatic rings. The first-order chi connectivity index (χ1) is 5.95. The van der Waals surface area contributed by atoms with E-state index >= 15 is 0 Å². The Morgan fingerprint density at radius 2 is 2.42 bits per heavy atom. The molecule has 4 heteroatoms. The molecule has 12 heavy (non-hydrogen) atoms. The van der Waals surface area contributed by atoms with Crippen molar-refractivity contribution in [3.8, 4) is 0 Å². The third-order valence-electron chi connectivity index (χ3n) is 1.43. The van der Waals surface area contributed by atoms with Gasteiger partial charge in [0.2, 0.25) is 0 Å². The Morgan fingerprint density at radius 1 is 1.42 bits per heavy atom. The second-order valence-electron chi connectivity index (χ2n) is 2.26. The van der Waals surface area contributed by atoms with Gasteiger partial charge in [-0.3, -0.25) is 0 Å². The molecule has 0 aliphatic rings. The monoisotopic (exact) mass is 195 g/mol. The van der Waals surface area contributed by atoms with Gasteiger partial charge in [0.25, 0.3) is 0 Å². The van der Waals surface area contributed by atoms with Gasteiger partial charge in [-0.15, -0.1) is 11.3 Å². The Bertz CT molecular complexity index is 278. The zero-order chi connectivity index (χ0) is 8.23. The first kappa shape index (κ1) is 7.89. The van der Waals surface area contributed by atoms with Crippen molar-refractivity contribution in [2.45, 2.75) is 6.42 Å². The Kier molecular flexibility index (Phi) is 2.48. The molecule has 0 bridgehead atoms. The molecular weight excluding hydrogens is 188 g/mol. The van der Waals surface area contributed by atoms with Crippen LogP contribution in [0.4, 0.5) is 0 Å². The molecule has 1 radical (unpaired) electrons. The van der Waals surface area contributed by atoms with Gasteiger partial charge in [0, 0.05) is 29.8 Å². The lowest BCUT2D eigenvalue weighted by Gasteiger charge is -1.90. The highest BCUT2D eigenvalue weighted by Crippen LogP contribution is 2.10. The normalized spacial score (nSPS) is 10.3. The molecule has 0 aromatic carbocycles. The standard InChI is InChI=1S/C8H7N2S2/c1(7-3-5-12-10-7)2-8-9-4-6-11-8/h1,3-6H,2H2. The van der Waals surface area contributed by atoms with Crippen LogP contribution in [-0.2, 0) is 6.42 Å². The van der Waals surface area contributed by atoms with Gasteiger partial charge in [-0.1, -0.05) is 0 Å². The molecule has 0 aliphatic heterocycles. The average molecular weight is 195 g/mol. The highest BCUT2D eigenvalue weighted by molar-refractivity contribution is 7.09. The number of rotatable bonds is 3. The van der Waals surface area contributed by atoms with E-state index in [1.165, 1.54) is 11.5 Å². The SMILES string of the molecule is [CH](Cc1nccs1)c1ccsn1. The molecule has 2 nitrogen and oxygen atoms in total. The summed E-state index contributed by atoms with van der Waals surface area (Å²) in [5.41, 5.74) is 1.05. The van der Waals surface area contributed by atoms with Crippen molar-refractivity contribution >= 4 is 22.9 Å². The predicted octanol–water partition coefficient (Wildman–Crippen LogP) is 2.39. The molecule has 0 fully saturated rings. The molecule has 0 spiro atoms. The van der Waals surface area contributed by atoms with E-state index in [0.717, 1.165) is 17.1 Å². The Hall–Kier alpha value is -0.740. The van der Waals surface area contributed by atoms with E-state index in [9.17, 15) is 0 Å². The van der Waals surface area contributed by atoms with Crippen molar-refractivity contribution in [2.24, 2.45) is 0 Å². The summed E-state index contributed by atoms with van der Waals surface area (Å²) in [6, 6.07) is 2.01. The van der Waals surface area contributed by atoms with Gasteiger partial charge in [-0.05, 0) is 17.6 Å². The van der Waals surface area contributed by atoms with E-state index < -0.39 is 0 Å². The third kappa shape index (κ3) is 1.89. The molecule has 2 heterocycles. The molecule has 0 saturated heterocycles. The van der Waals surface area contributed by atoms with Crippen molar-refractivity contribution in [3.63, 3.8) is 0 Å². The zero-order valence-corrected chi connectivity index (χ0v) is 7.94. The van der Waals surface area contributed by atoms with Crippen LogP contribution in [0.15, 0.2) is 23.0 Å². The van der Waals surface area contributed by atoms with E-state index in [1.54, 1.807) is 11.3 Å². The van der Waals surface area contributed by atoms with Crippen LogP contribution in [0.3, 0.4) is 0 Å². The number of aromatic nitrogens is 2. The van der Waals surface area contributed by atoms with E-state index in [2.05, 4.69) is 15.8 Å². The largest absolute Gasteiger partial charge is 0.250 e. The zero-order valence-electron chi connectivity index (χ0n) is 6.30. The summed E-state index contributed by atoms with van der Waals surface area (Å²) < 4.78 is 4.18. The summed E-state index contributed by atoms with van der Waals surface area (Å²) in [5.74, 6) is 0. The van der Waals surface area contributed by atoms with Gasteiger partial charge in [0.1, 0.15) is 0 Å². The molecule has 2 rings (SSSR count). The van der Waals surface area contributed by atoms with E-state index in [1.807, 2.05) is 23.0 Å². The number of nitrogens with zero attached hydrogens (tertiary/aromatic N) is 2. The number of hydrogen-bond acceptors (Lipinski definition) is 4. The minimum absolute atomic E-state index is 0.890. The topological polar surface area (TPSA) is 25.8 Å². The summed E-state index contributed by atoms with van der Waals surface area (Å²) >= 11 is 3.16. The van der Waals surface area contributed by atoms with Gasteiger partial charge in [-0.2, -0.15) is 4.37 Å². The first-order valence-corrected chi connectivity index (χ1v) is 5.29. The van der Waals surface area contributed by atoms with Crippen LogP contribution in [-0.4, -0.2) is 9.36 Å².